The summed E-state index contributed by atoms with van der Waals surface area (Å²) in [6.07, 6.45) is 2.48. The van der Waals surface area contributed by atoms with E-state index in [-0.39, 0.29) is 0 Å². The van der Waals surface area contributed by atoms with Crippen molar-refractivity contribution in [3.63, 3.8) is 0 Å². The number of nitrogens with one attached hydrogen (secondary N) is 2. The first-order valence-corrected chi connectivity index (χ1v) is 8.20. The van der Waals surface area contributed by atoms with Gasteiger partial charge in [-0.3, -0.25) is 5.43 Å². The lowest BCUT2D eigenvalue weighted by atomic mass is 10.2. The first-order valence-electron chi connectivity index (χ1n) is 8.20. The van der Waals surface area contributed by atoms with Crippen molar-refractivity contribution in [1.82, 2.24) is 15.2 Å². The van der Waals surface area contributed by atoms with Gasteiger partial charge in [0.15, 0.2) is 5.82 Å². The highest BCUT2D eigenvalue weighted by molar-refractivity contribution is 5.80. The molecular formula is C19H19N5O2. The van der Waals surface area contributed by atoms with E-state index in [0.29, 0.717) is 18.1 Å². The van der Waals surface area contributed by atoms with E-state index in [4.69, 9.17) is 4.74 Å². The van der Waals surface area contributed by atoms with Gasteiger partial charge in [-0.05, 0) is 30.2 Å². The Morgan fingerprint density at radius 2 is 2.04 bits per heavy atom. The van der Waals surface area contributed by atoms with Gasteiger partial charge in [0.2, 0.25) is 0 Å². The fraction of sp³-hybridized carbons (Fsp3) is 0.158. The van der Waals surface area contributed by atoms with E-state index in [2.05, 4.69) is 37.8 Å². The smallest absolute Gasteiger partial charge is 0.363 e. The molecule has 0 amide bonds. The monoisotopic (exact) mass is 349 g/mol. The first-order chi connectivity index (χ1) is 12.7. The van der Waals surface area contributed by atoms with E-state index < -0.39 is 5.69 Å². The molecule has 26 heavy (non-hydrogen) atoms. The van der Waals surface area contributed by atoms with Crippen LogP contribution in [0.2, 0.25) is 0 Å². The minimum Gasteiger partial charge on any atom is -0.493 e. The van der Waals surface area contributed by atoms with Crippen LogP contribution >= 0.6 is 0 Å². The lowest BCUT2D eigenvalue weighted by Gasteiger charge is -2.07. The van der Waals surface area contributed by atoms with Gasteiger partial charge < -0.3 is 4.74 Å². The van der Waals surface area contributed by atoms with Crippen molar-refractivity contribution in [2.24, 2.45) is 5.10 Å². The van der Waals surface area contributed by atoms with Crippen LogP contribution < -0.4 is 15.9 Å². The third-order valence-corrected chi connectivity index (χ3v) is 3.62. The second-order valence-corrected chi connectivity index (χ2v) is 5.60. The summed E-state index contributed by atoms with van der Waals surface area (Å²) < 4.78 is 5.80. The van der Waals surface area contributed by atoms with Crippen LogP contribution in [0.4, 0.5) is 5.82 Å². The fourth-order valence-electron chi connectivity index (χ4n) is 2.28. The summed E-state index contributed by atoms with van der Waals surface area (Å²) in [6, 6.07) is 17.8. The molecule has 0 radical (unpaired) electrons. The van der Waals surface area contributed by atoms with Crippen molar-refractivity contribution in [1.29, 1.82) is 0 Å². The summed E-state index contributed by atoms with van der Waals surface area (Å²) in [5.41, 5.74) is 4.86. The molecule has 2 N–H and O–H groups in total. The van der Waals surface area contributed by atoms with Crippen molar-refractivity contribution in [2.75, 3.05) is 12.0 Å². The number of ether oxygens (including phenoxy) is 1. The van der Waals surface area contributed by atoms with Crippen molar-refractivity contribution in [3.8, 4) is 5.75 Å². The SMILES string of the molecule is Cc1n[nH]c(=O)nc1N/N=C\c1cccc(OCCc2ccccc2)c1. The molecule has 0 bridgehead atoms. The van der Waals surface area contributed by atoms with Gasteiger partial charge in [0, 0.05) is 6.42 Å². The highest BCUT2D eigenvalue weighted by Gasteiger charge is 2.00. The third-order valence-electron chi connectivity index (χ3n) is 3.62. The Morgan fingerprint density at radius 3 is 2.88 bits per heavy atom. The van der Waals surface area contributed by atoms with Gasteiger partial charge in [-0.2, -0.15) is 15.2 Å². The third kappa shape index (κ3) is 5.01. The topological polar surface area (TPSA) is 92.3 Å². The molecule has 3 rings (SSSR count). The molecule has 0 spiro atoms. The first kappa shape index (κ1) is 17.3. The van der Waals surface area contributed by atoms with Crippen LogP contribution in [0.1, 0.15) is 16.8 Å². The number of hydrogen-bond donors (Lipinski definition) is 2. The predicted octanol–water partition coefficient (Wildman–Crippen LogP) is 2.54. The van der Waals surface area contributed by atoms with Crippen molar-refractivity contribution in [3.05, 3.63) is 81.9 Å². The van der Waals surface area contributed by atoms with Crippen LogP contribution in [0.25, 0.3) is 0 Å². The molecular weight excluding hydrogens is 330 g/mol. The van der Waals surface area contributed by atoms with Crippen molar-refractivity contribution < 1.29 is 4.74 Å². The zero-order valence-corrected chi connectivity index (χ0v) is 14.3. The van der Waals surface area contributed by atoms with Crippen LogP contribution in [0.3, 0.4) is 0 Å². The number of aromatic amines is 1. The van der Waals surface area contributed by atoms with Crippen molar-refractivity contribution >= 4 is 12.0 Å². The van der Waals surface area contributed by atoms with Crippen LogP contribution in [-0.2, 0) is 6.42 Å². The minimum atomic E-state index is -0.526. The number of nitrogens with zero attached hydrogens (tertiary/aromatic N) is 3. The number of aromatic nitrogens is 3. The van der Waals surface area contributed by atoms with Gasteiger partial charge in [-0.1, -0.05) is 42.5 Å². The molecule has 0 unspecified atom stereocenters. The number of hydrogen-bond acceptors (Lipinski definition) is 6. The minimum absolute atomic E-state index is 0.320. The Hall–Kier alpha value is -3.48. The fourth-order valence-corrected chi connectivity index (χ4v) is 2.28. The molecule has 2 aromatic carbocycles. The summed E-state index contributed by atoms with van der Waals surface area (Å²) in [4.78, 5) is 15.0. The number of anilines is 1. The van der Waals surface area contributed by atoms with Gasteiger partial charge in [0.1, 0.15) is 11.4 Å². The Bertz CT molecular complexity index is 938. The molecule has 0 fully saturated rings. The van der Waals surface area contributed by atoms with Gasteiger partial charge in [0.05, 0.1) is 12.8 Å². The molecule has 0 aliphatic heterocycles. The van der Waals surface area contributed by atoms with Gasteiger partial charge in [-0.25, -0.2) is 9.89 Å². The average Bonchev–Trinajstić information content (AvgIpc) is 2.66. The second kappa shape index (κ2) is 8.57. The lowest BCUT2D eigenvalue weighted by Crippen LogP contribution is -2.15. The lowest BCUT2D eigenvalue weighted by molar-refractivity contribution is 0.322. The molecule has 3 aromatic rings. The number of benzene rings is 2. The Balaban J connectivity index is 1.56. The van der Waals surface area contributed by atoms with Crippen LogP contribution in [0, 0.1) is 6.92 Å². The Labute approximate surface area is 150 Å². The zero-order chi connectivity index (χ0) is 18.2. The molecule has 7 nitrogen and oxygen atoms in total. The highest BCUT2D eigenvalue weighted by atomic mass is 16.5. The summed E-state index contributed by atoms with van der Waals surface area (Å²) in [6.45, 7) is 2.33. The Morgan fingerprint density at radius 1 is 1.19 bits per heavy atom. The number of H-pyrrole nitrogens is 1. The summed E-state index contributed by atoms with van der Waals surface area (Å²) >= 11 is 0. The summed E-state index contributed by atoms with van der Waals surface area (Å²) in [5, 5.41) is 10.2. The molecule has 132 valence electrons. The maximum absolute atomic E-state index is 11.2. The summed E-state index contributed by atoms with van der Waals surface area (Å²) in [5.74, 6) is 1.09. The molecule has 0 aliphatic rings. The number of aryl methyl sites for hydroxylation is 1. The quantitative estimate of drug-likeness (QED) is 0.505. The van der Waals surface area contributed by atoms with Crippen LogP contribution in [0.15, 0.2) is 64.5 Å². The van der Waals surface area contributed by atoms with Gasteiger partial charge in [0.25, 0.3) is 0 Å². The summed E-state index contributed by atoms with van der Waals surface area (Å²) in [7, 11) is 0. The largest absolute Gasteiger partial charge is 0.493 e. The van der Waals surface area contributed by atoms with E-state index >= 15 is 0 Å². The van der Waals surface area contributed by atoms with Crippen LogP contribution in [-0.4, -0.2) is 28.0 Å². The van der Waals surface area contributed by atoms with Crippen molar-refractivity contribution in [2.45, 2.75) is 13.3 Å². The zero-order valence-electron chi connectivity index (χ0n) is 14.3. The number of rotatable bonds is 7. The average molecular weight is 349 g/mol. The van der Waals surface area contributed by atoms with Gasteiger partial charge in [-0.15, -0.1) is 0 Å². The standard InChI is InChI=1S/C19H19N5O2/c1-14-18(21-19(25)24-22-14)23-20-13-16-8-5-9-17(12-16)26-11-10-15-6-3-2-4-7-15/h2-9,12-13H,10-11H2,1H3,(H2,21,23,24,25)/b20-13-. The molecule has 0 aliphatic carbocycles. The predicted molar refractivity (Wildman–Crippen MR) is 101 cm³/mol. The second-order valence-electron chi connectivity index (χ2n) is 5.60. The normalized spacial score (nSPS) is 10.8. The maximum Gasteiger partial charge on any atom is 0.363 e. The molecule has 1 heterocycles. The molecule has 7 heteroatoms. The number of hydrazone groups is 1. The molecule has 1 aromatic heterocycles. The molecule has 0 saturated carbocycles. The molecule has 0 atom stereocenters. The Kier molecular flexibility index (Phi) is 5.72. The molecule has 0 saturated heterocycles. The van der Waals surface area contributed by atoms with E-state index in [1.165, 1.54) is 5.56 Å². The van der Waals surface area contributed by atoms with Gasteiger partial charge >= 0.3 is 5.69 Å². The van der Waals surface area contributed by atoms with E-state index in [0.717, 1.165) is 17.7 Å². The van der Waals surface area contributed by atoms with E-state index in [1.54, 1.807) is 13.1 Å². The van der Waals surface area contributed by atoms with Crippen LogP contribution in [0.5, 0.6) is 5.75 Å². The van der Waals surface area contributed by atoms with E-state index in [1.807, 2.05) is 42.5 Å². The maximum atomic E-state index is 11.2. The highest BCUT2D eigenvalue weighted by Crippen LogP contribution is 2.13. The van der Waals surface area contributed by atoms with E-state index in [9.17, 15) is 4.79 Å².